The number of furan rings is 1. The summed E-state index contributed by atoms with van der Waals surface area (Å²) >= 11 is 0. The molecule has 12 nitrogen and oxygen atoms in total. The van der Waals surface area contributed by atoms with Gasteiger partial charge in [0.1, 0.15) is 30.5 Å². The number of nitrogens with one attached hydrogen (secondary N) is 2. The van der Waals surface area contributed by atoms with Gasteiger partial charge in [-0.1, -0.05) is 0 Å². The number of carbonyl (C=O) groups excluding carboxylic acids is 4. The highest BCUT2D eigenvalue weighted by Gasteiger charge is 2.47. The lowest BCUT2D eigenvalue weighted by atomic mass is 9.75. The number of alkyl carbamates (subject to hydrolysis) is 1. The molecule has 1 aromatic heterocycles. The molecule has 3 aliphatic rings. The number of ether oxygens (including phenoxy) is 4. The van der Waals surface area contributed by atoms with E-state index >= 15 is 0 Å². The van der Waals surface area contributed by atoms with Crippen molar-refractivity contribution in [2.45, 2.75) is 115 Å². The van der Waals surface area contributed by atoms with E-state index in [1.54, 1.807) is 64.0 Å². The number of alkyl halides is 1. The number of nitrogens with zero attached hydrogens (tertiary/aromatic N) is 1. The van der Waals surface area contributed by atoms with Gasteiger partial charge in [-0.3, -0.25) is 9.59 Å². The van der Waals surface area contributed by atoms with Crippen molar-refractivity contribution in [1.29, 1.82) is 0 Å². The summed E-state index contributed by atoms with van der Waals surface area (Å²) in [5, 5.41) is 6.39. The molecule has 0 unspecified atom stereocenters. The van der Waals surface area contributed by atoms with Crippen molar-refractivity contribution in [2.75, 3.05) is 39.4 Å². The molecule has 3 fully saturated rings. The van der Waals surface area contributed by atoms with Gasteiger partial charge in [-0.15, -0.1) is 0 Å². The van der Waals surface area contributed by atoms with Crippen molar-refractivity contribution >= 4 is 40.5 Å². The van der Waals surface area contributed by atoms with Gasteiger partial charge in [-0.2, -0.15) is 0 Å². The Balaban J connectivity index is 1.27. The zero-order chi connectivity index (χ0) is 37.6. The molecule has 0 spiro atoms. The molecule has 2 aromatic rings. The van der Waals surface area contributed by atoms with E-state index in [9.17, 15) is 23.6 Å². The number of hydrogen-bond donors (Lipinski definition) is 2. The third kappa shape index (κ3) is 9.83. The molecule has 0 bridgehead atoms. The zero-order valence-corrected chi connectivity index (χ0v) is 31.4. The van der Waals surface area contributed by atoms with Crippen molar-refractivity contribution in [3.05, 3.63) is 30.0 Å². The van der Waals surface area contributed by atoms with Gasteiger partial charge in [0.05, 0.1) is 18.2 Å². The third-order valence-corrected chi connectivity index (χ3v) is 11.0. The number of rotatable bonds is 12. The maximum atomic E-state index is 14.3. The van der Waals surface area contributed by atoms with Gasteiger partial charge >= 0.3 is 12.1 Å². The second kappa shape index (κ2) is 17.4. The van der Waals surface area contributed by atoms with E-state index in [1.165, 1.54) is 7.11 Å². The molecule has 3 amide bonds. The van der Waals surface area contributed by atoms with Crippen LogP contribution in [0.15, 0.2) is 28.7 Å². The monoisotopic (exact) mass is 729 g/mol. The summed E-state index contributed by atoms with van der Waals surface area (Å²) in [6.45, 7) is 6.93. The summed E-state index contributed by atoms with van der Waals surface area (Å²) in [4.78, 5) is 55.2. The molecule has 13 heteroatoms. The number of hydrogen-bond acceptors (Lipinski definition) is 9. The number of benzene rings is 1. The fourth-order valence-corrected chi connectivity index (χ4v) is 8.16. The Morgan fingerprint density at radius 3 is 2.33 bits per heavy atom. The van der Waals surface area contributed by atoms with Crippen LogP contribution in [0, 0.1) is 23.7 Å². The van der Waals surface area contributed by atoms with Gasteiger partial charge in [0.2, 0.25) is 17.6 Å². The van der Waals surface area contributed by atoms with Gasteiger partial charge in [0, 0.05) is 37.8 Å². The van der Waals surface area contributed by atoms with Gasteiger partial charge in [-0.05, 0) is 128 Å². The van der Waals surface area contributed by atoms with Gasteiger partial charge in [0.25, 0.3) is 0 Å². The van der Waals surface area contributed by atoms with Crippen LogP contribution >= 0.6 is 0 Å². The molecule has 2 saturated carbocycles. The fraction of sp³-hybridized carbons (Fsp3) is 0.692. The summed E-state index contributed by atoms with van der Waals surface area (Å²) < 4.78 is 41.2. The van der Waals surface area contributed by atoms with Gasteiger partial charge in [0.15, 0.2) is 0 Å². The summed E-state index contributed by atoms with van der Waals surface area (Å²) in [5.74, 6) is -0.958. The maximum Gasteiger partial charge on any atom is 0.407 e. The van der Waals surface area contributed by atoms with Crippen LogP contribution in [-0.2, 0) is 28.5 Å². The molecule has 2 heterocycles. The topological polar surface area (TPSA) is 146 Å². The molecule has 2 N–H and O–H groups in total. The number of anilines is 1. The lowest BCUT2D eigenvalue weighted by molar-refractivity contribution is -0.142. The van der Waals surface area contributed by atoms with Crippen LogP contribution in [-0.4, -0.2) is 92.7 Å². The summed E-state index contributed by atoms with van der Waals surface area (Å²) in [5.41, 5.74) is 0.313. The van der Waals surface area contributed by atoms with Crippen LogP contribution in [0.1, 0.15) is 96.0 Å². The summed E-state index contributed by atoms with van der Waals surface area (Å²) in [6, 6.07) is 5.42. The fourth-order valence-electron chi connectivity index (χ4n) is 8.16. The second-order valence-electron chi connectivity index (χ2n) is 15.7. The SMILES string of the molecule is COC1CCC([C@@H]2CCN(C(=O)C3CCC([C@@H](CF)NC(=O)OC(C)(C)C)CC3)[C@@H]2C(=O)Nc2ccc3oc(C(=O)OC[C@@H](C)OC)cc3c2)CC1. The predicted molar refractivity (Wildman–Crippen MR) is 193 cm³/mol. The van der Waals surface area contributed by atoms with Crippen LogP contribution in [0.4, 0.5) is 14.9 Å². The van der Waals surface area contributed by atoms with Crippen molar-refractivity contribution in [1.82, 2.24) is 10.2 Å². The molecule has 1 saturated heterocycles. The molecule has 1 aliphatic heterocycles. The average molecular weight is 730 g/mol. The molecule has 288 valence electrons. The van der Waals surface area contributed by atoms with Crippen LogP contribution in [0.25, 0.3) is 11.0 Å². The molecule has 4 atom stereocenters. The number of fused-ring (bicyclic) bond motifs is 1. The van der Waals surface area contributed by atoms with Crippen molar-refractivity contribution < 1.29 is 46.9 Å². The normalized spacial score (nSPS) is 26.4. The van der Waals surface area contributed by atoms with E-state index < -0.39 is 36.4 Å². The Morgan fingerprint density at radius 1 is 0.981 bits per heavy atom. The molecular weight excluding hydrogens is 673 g/mol. The predicted octanol–water partition coefficient (Wildman–Crippen LogP) is 6.65. The molecule has 1 aromatic carbocycles. The Labute approximate surface area is 305 Å². The van der Waals surface area contributed by atoms with Crippen molar-refractivity contribution in [3.8, 4) is 0 Å². The lowest BCUT2D eigenvalue weighted by Crippen LogP contribution is -2.50. The summed E-state index contributed by atoms with van der Waals surface area (Å²) in [7, 11) is 3.27. The lowest BCUT2D eigenvalue weighted by Gasteiger charge is -2.38. The number of halogens is 1. The van der Waals surface area contributed by atoms with Crippen LogP contribution in [0.3, 0.4) is 0 Å². The number of amides is 3. The first-order valence-electron chi connectivity index (χ1n) is 18.7. The Bertz CT molecular complexity index is 1540. The average Bonchev–Trinajstić information content (AvgIpc) is 3.77. The smallest absolute Gasteiger partial charge is 0.407 e. The van der Waals surface area contributed by atoms with Crippen LogP contribution in [0.2, 0.25) is 0 Å². The number of methoxy groups -OCH3 is 2. The maximum absolute atomic E-state index is 14.3. The first-order valence-corrected chi connectivity index (χ1v) is 18.7. The number of esters is 1. The standard InChI is InChI=1S/C39H56FN3O9/c1-23(48-5)22-50-37(46)33-20-27-19-28(13-16-32(27)51-33)41-35(44)34-30(24-11-14-29(49-6)15-12-24)17-18-43(34)36(45)26-9-7-25(8-10-26)31(21-40)42-38(47)52-39(2,3)4/h13,16,19-20,23-26,29-31,34H,7-12,14-15,17-18,21-22H2,1-6H3,(H,41,44)(H,42,47)/t23-,24?,25?,26?,29?,30+,31-,34+/m1/s1. The molecular formula is C39H56FN3O9. The van der Waals surface area contributed by atoms with Crippen molar-refractivity contribution in [2.24, 2.45) is 23.7 Å². The highest BCUT2D eigenvalue weighted by Crippen LogP contribution is 2.42. The Hall–Kier alpha value is -3.71. The largest absolute Gasteiger partial charge is 0.457 e. The van der Waals surface area contributed by atoms with Crippen LogP contribution < -0.4 is 10.6 Å². The van der Waals surface area contributed by atoms with E-state index in [2.05, 4.69) is 10.6 Å². The van der Waals surface area contributed by atoms with E-state index in [-0.39, 0.29) is 60.1 Å². The second-order valence-corrected chi connectivity index (χ2v) is 15.7. The number of carbonyl (C=O) groups is 4. The minimum absolute atomic E-state index is 0.000522. The van der Waals surface area contributed by atoms with Crippen molar-refractivity contribution in [3.63, 3.8) is 0 Å². The number of likely N-dealkylation sites (tertiary alicyclic amines) is 1. The molecule has 5 rings (SSSR count). The van der Waals surface area contributed by atoms with E-state index in [1.807, 2.05) is 0 Å². The van der Waals surface area contributed by atoms with Gasteiger partial charge in [-0.25, -0.2) is 14.0 Å². The van der Waals surface area contributed by atoms with E-state index in [0.717, 1.165) is 32.1 Å². The van der Waals surface area contributed by atoms with E-state index in [4.69, 9.17) is 23.4 Å². The molecule has 2 aliphatic carbocycles. The zero-order valence-electron chi connectivity index (χ0n) is 31.4. The van der Waals surface area contributed by atoms with Crippen LogP contribution in [0.5, 0.6) is 0 Å². The Kier molecular flexibility index (Phi) is 13.2. The highest BCUT2D eigenvalue weighted by atomic mass is 19.1. The minimum atomic E-state index is -0.715. The first kappa shape index (κ1) is 39.5. The minimum Gasteiger partial charge on any atom is -0.457 e. The molecule has 0 radical (unpaired) electrons. The summed E-state index contributed by atoms with van der Waals surface area (Å²) in [6.07, 6.45) is 6.02. The van der Waals surface area contributed by atoms with Gasteiger partial charge < -0.3 is 38.9 Å². The quantitative estimate of drug-likeness (QED) is 0.229. The third-order valence-electron chi connectivity index (χ3n) is 11.0. The van der Waals surface area contributed by atoms with E-state index in [0.29, 0.717) is 48.9 Å². The first-order chi connectivity index (χ1) is 24.8. The Morgan fingerprint density at radius 2 is 1.69 bits per heavy atom. The molecule has 52 heavy (non-hydrogen) atoms. The highest BCUT2D eigenvalue weighted by molar-refractivity contribution is 6.00.